The van der Waals surface area contributed by atoms with Gasteiger partial charge in [0.05, 0.1) is 18.9 Å². The Hall–Kier alpha value is -2.52. The van der Waals surface area contributed by atoms with Gasteiger partial charge in [-0.05, 0) is 63.7 Å². The van der Waals surface area contributed by atoms with Crippen LogP contribution in [-0.2, 0) is 4.74 Å². The summed E-state index contributed by atoms with van der Waals surface area (Å²) in [6.07, 6.45) is 7.69. The van der Waals surface area contributed by atoms with E-state index in [9.17, 15) is 8.78 Å². The molecule has 1 aromatic rings. The van der Waals surface area contributed by atoms with Crippen LogP contribution in [0.2, 0.25) is 0 Å². The molecule has 2 saturated carbocycles. The molecule has 4 N–H and O–H groups in total. The smallest absolute Gasteiger partial charge is 0.387 e. The van der Waals surface area contributed by atoms with E-state index in [1.807, 2.05) is 13.8 Å². The van der Waals surface area contributed by atoms with E-state index < -0.39 is 6.61 Å². The first-order valence-electron chi connectivity index (χ1n) is 11.5. The number of ether oxygens (including phenoxy) is 2. The van der Waals surface area contributed by atoms with Gasteiger partial charge in [-0.25, -0.2) is 4.98 Å². The van der Waals surface area contributed by atoms with Crippen LogP contribution in [0.3, 0.4) is 0 Å². The Morgan fingerprint density at radius 2 is 2.06 bits per heavy atom. The average Bonchev–Trinajstić information content (AvgIpc) is 3.16. The number of alkyl halides is 2. The quantitative estimate of drug-likeness (QED) is 0.604. The number of morpholine rings is 1. The van der Waals surface area contributed by atoms with E-state index in [1.165, 1.54) is 30.7 Å². The summed E-state index contributed by atoms with van der Waals surface area (Å²) in [4.78, 5) is 11.2. The lowest BCUT2D eigenvalue weighted by Crippen LogP contribution is -2.48. The lowest BCUT2D eigenvalue weighted by Gasteiger charge is -2.38. The summed E-state index contributed by atoms with van der Waals surface area (Å²) in [7, 11) is 0. The molecule has 0 spiro atoms. The maximum absolute atomic E-state index is 12.6. The Labute approximate surface area is 193 Å². The van der Waals surface area contributed by atoms with E-state index in [0.29, 0.717) is 35.2 Å². The highest BCUT2D eigenvalue weighted by molar-refractivity contribution is 6.09. The second kappa shape index (κ2) is 9.77. The Bertz CT molecular complexity index is 948. The molecule has 3 fully saturated rings. The number of rotatable bonds is 7. The van der Waals surface area contributed by atoms with Crippen LogP contribution >= 0.6 is 0 Å². The van der Waals surface area contributed by atoms with Gasteiger partial charge in [-0.2, -0.15) is 8.78 Å². The molecule has 7 nitrogen and oxygen atoms in total. The first-order chi connectivity index (χ1) is 15.7. The summed E-state index contributed by atoms with van der Waals surface area (Å²) in [5, 5.41) is 0. The molecular weight excluding hydrogens is 428 g/mol. The third kappa shape index (κ3) is 5.52. The van der Waals surface area contributed by atoms with Gasteiger partial charge in [-0.1, -0.05) is 5.57 Å². The van der Waals surface area contributed by atoms with Crippen LogP contribution in [-0.4, -0.2) is 60.1 Å². The van der Waals surface area contributed by atoms with Crippen molar-refractivity contribution in [2.75, 3.05) is 25.5 Å². The second-order valence-corrected chi connectivity index (χ2v) is 9.38. The van der Waals surface area contributed by atoms with Crippen LogP contribution in [0.25, 0.3) is 5.70 Å². The van der Waals surface area contributed by atoms with Gasteiger partial charge in [-0.3, -0.25) is 9.89 Å². The summed E-state index contributed by atoms with van der Waals surface area (Å²) in [6.45, 7) is 5.90. The normalized spacial score (nSPS) is 28.4. The SMILES string of the molecule is CC(C)N=C(C=C(N)c1cnc(N)c(OC(F)F)c1)C=C1C2CC(N3CCOCC3C)CC12. The fourth-order valence-electron chi connectivity index (χ4n) is 5.09. The van der Waals surface area contributed by atoms with Gasteiger partial charge in [0, 0.05) is 42.1 Å². The molecule has 3 aliphatic rings. The molecule has 33 heavy (non-hydrogen) atoms. The van der Waals surface area contributed by atoms with Crippen molar-refractivity contribution in [2.24, 2.45) is 22.6 Å². The zero-order valence-electron chi connectivity index (χ0n) is 19.4. The molecule has 1 saturated heterocycles. The number of hydrogen-bond donors (Lipinski definition) is 2. The van der Waals surface area contributed by atoms with Crippen molar-refractivity contribution in [3.05, 3.63) is 35.6 Å². The third-order valence-electron chi connectivity index (χ3n) is 6.63. The minimum Gasteiger partial charge on any atom is -0.431 e. The Balaban J connectivity index is 1.48. The molecule has 0 radical (unpaired) electrons. The second-order valence-electron chi connectivity index (χ2n) is 9.38. The molecule has 180 valence electrons. The van der Waals surface area contributed by atoms with E-state index in [-0.39, 0.29) is 17.6 Å². The minimum absolute atomic E-state index is 0.0868. The largest absolute Gasteiger partial charge is 0.431 e. The maximum Gasteiger partial charge on any atom is 0.387 e. The third-order valence-corrected chi connectivity index (χ3v) is 6.63. The molecule has 1 aliphatic heterocycles. The van der Waals surface area contributed by atoms with Crippen molar-refractivity contribution in [3.63, 3.8) is 0 Å². The van der Waals surface area contributed by atoms with Crippen LogP contribution in [0.4, 0.5) is 14.6 Å². The summed E-state index contributed by atoms with van der Waals surface area (Å²) in [6, 6.07) is 2.56. The topological polar surface area (TPSA) is 99.0 Å². The monoisotopic (exact) mass is 461 g/mol. The molecule has 3 atom stereocenters. The number of nitrogens with zero attached hydrogens (tertiary/aromatic N) is 3. The fourth-order valence-corrected chi connectivity index (χ4v) is 5.09. The number of anilines is 1. The van der Waals surface area contributed by atoms with Gasteiger partial charge in [0.25, 0.3) is 0 Å². The van der Waals surface area contributed by atoms with Crippen LogP contribution in [0.15, 0.2) is 35.0 Å². The molecule has 2 heterocycles. The predicted molar refractivity (Wildman–Crippen MR) is 125 cm³/mol. The van der Waals surface area contributed by atoms with E-state index in [0.717, 1.165) is 25.5 Å². The standard InChI is InChI=1S/C24H33F2N5O2/c1-13(2)30-16(8-21(27)15-6-22(33-24(25)26)23(28)29-11-15)7-18-19-9-17(10-20(18)19)31-4-5-32-12-14(31)3/h6-8,11,13-14,17,19-20,24H,4-5,9-10,12,27H2,1-3H3,(H2,28,29). The lowest BCUT2D eigenvalue weighted by molar-refractivity contribution is -0.0495. The summed E-state index contributed by atoms with van der Waals surface area (Å²) < 4.78 is 35.3. The zero-order valence-corrected chi connectivity index (χ0v) is 19.4. The van der Waals surface area contributed by atoms with Crippen LogP contribution in [0.1, 0.15) is 39.2 Å². The van der Waals surface area contributed by atoms with E-state index in [1.54, 1.807) is 6.08 Å². The molecule has 9 heteroatoms. The molecule has 0 bridgehead atoms. The number of hydrogen-bond acceptors (Lipinski definition) is 7. The maximum atomic E-state index is 12.6. The van der Waals surface area contributed by atoms with Gasteiger partial charge >= 0.3 is 6.61 Å². The average molecular weight is 462 g/mol. The number of aromatic nitrogens is 1. The van der Waals surface area contributed by atoms with Gasteiger partial charge in [-0.15, -0.1) is 0 Å². The van der Waals surface area contributed by atoms with E-state index >= 15 is 0 Å². The predicted octanol–water partition coefficient (Wildman–Crippen LogP) is 3.47. The van der Waals surface area contributed by atoms with E-state index in [2.05, 4.69) is 27.6 Å². The van der Waals surface area contributed by atoms with Gasteiger partial charge in [0.2, 0.25) is 0 Å². The molecular formula is C24H33F2N5O2. The lowest BCUT2D eigenvalue weighted by atomic mass is 10.0. The Morgan fingerprint density at radius 1 is 1.33 bits per heavy atom. The number of halogens is 2. The van der Waals surface area contributed by atoms with Crippen molar-refractivity contribution < 1.29 is 18.3 Å². The molecule has 2 aliphatic carbocycles. The molecule has 3 unspecified atom stereocenters. The number of nitrogen functional groups attached to an aromatic ring is 1. The van der Waals surface area contributed by atoms with Crippen LogP contribution in [0.5, 0.6) is 5.75 Å². The molecule has 1 aromatic heterocycles. The van der Waals surface area contributed by atoms with Gasteiger partial charge in [0.15, 0.2) is 11.6 Å². The number of nitrogens with two attached hydrogens (primary N) is 2. The first kappa shape index (κ1) is 23.6. The minimum atomic E-state index is -2.99. The highest BCUT2D eigenvalue weighted by Gasteiger charge is 2.53. The fraction of sp³-hybridized carbons (Fsp3) is 0.583. The van der Waals surface area contributed by atoms with Gasteiger partial charge < -0.3 is 20.9 Å². The molecule has 4 rings (SSSR count). The summed E-state index contributed by atoms with van der Waals surface area (Å²) in [5.41, 5.74) is 14.9. The molecule has 0 amide bonds. The highest BCUT2D eigenvalue weighted by Crippen LogP contribution is 2.58. The van der Waals surface area contributed by atoms with Crippen molar-refractivity contribution in [2.45, 2.75) is 58.3 Å². The summed E-state index contributed by atoms with van der Waals surface area (Å²) >= 11 is 0. The zero-order chi connectivity index (χ0) is 23.7. The first-order valence-corrected chi connectivity index (χ1v) is 11.5. The Kier molecular flexibility index (Phi) is 6.99. The van der Waals surface area contributed by atoms with Crippen molar-refractivity contribution in [1.82, 2.24) is 9.88 Å². The van der Waals surface area contributed by atoms with E-state index in [4.69, 9.17) is 21.2 Å². The highest BCUT2D eigenvalue weighted by atomic mass is 19.3. The molecule has 0 aromatic carbocycles. The van der Waals surface area contributed by atoms with Gasteiger partial charge in [0.1, 0.15) is 0 Å². The van der Waals surface area contributed by atoms with Crippen LogP contribution in [0, 0.1) is 11.8 Å². The van der Waals surface area contributed by atoms with Crippen LogP contribution < -0.4 is 16.2 Å². The summed E-state index contributed by atoms with van der Waals surface area (Å²) in [5.74, 6) is 0.891. The number of aliphatic imine (C=N–C) groups is 1. The number of allylic oxidation sites excluding steroid dienone is 3. The van der Waals surface area contributed by atoms with Crippen molar-refractivity contribution >= 4 is 17.2 Å². The van der Waals surface area contributed by atoms with Crippen molar-refractivity contribution in [1.29, 1.82) is 0 Å². The van der Waals surface area contributed by atoms with Crippen molar-refractivity contribution in [3.8, 4) is 5.75 Å². The number of pyridine rings is 1. The Morgan fingerprint density at radius 3 is 2.70 bits per heavy atom. The number of fused-ring (bicyclic) bond motifs is 1.